The standard InChI is InChI=1S/C14H28N2O2S/c1-5-16(19(17,18)10-14(2,3)4)13-8-11-6-7-12(9-13)15-11/h11-13,15H,5-10H2,1-4H3. The van der Waals surface area contributed by atoms with Gasteiger partial charge in [0, 0.05) is 24.7 Å². The number of rotatable bonds is 4. The molecule has 19 heavy (non-hydrogen) atoms. The Balaban J connectivity index is 2.11. The Morgan fingerprint density at radius 1 is 1.16 bits per heavy atom. The smallest absolute Gasteiger partial charge is 0.214 e. The Hall–Kier alpha value is -0.130. The molecule has 1 N–H and O–H groups in total. The highest BCUT2D eigenvalue weighted by Crippen LogP contribution is 2.32. The maximum Gasteiger partial charge on any atom is 0.214 e. The minimum absolute atomic E-state index is 0.182. The molecule has 0 saturated carbocycles. The second-order valence-corrected chi connectivity index (χ2v) is 9.20. The van der Waals surface area contributed by atoms with E-state index in [1.54, 1.807) is 4.31 Å². The predicted molar refractivity (Wildman–Crippen MR) is 78.6 cm³/mol. The lowest BCUT2D eigenvalue weighted by molar-refractivity contribution is 0.230. The largest absolute Gasteiger partial charge is 0.311 e. The molecule has 4 nitrogen and oxygen atoms in total. The SMILES string of the molecule is CCN(C1CC2CCC(C1)N2)S(=O)(=O)CC(C)(C)C. The van der Waals surface area contributed by atoms with Crippen molar-refractivity contribution in [3.8, 4) is 0 Å². The van der Waals surface area contributed by atoms with Gasteiger partial charge in [-0.2, -0.15) is 4.31 Å². The highest BCUT2D eigenvalue weighted by Gasteiger charge is 2.40. The Kier molecular flexibility index (Phi) is 4.29. The van der Waals surface area contributed by atoms with E-state index in [0.717, 1.165) is 12.8 Å². The quantitative estimate of drug-likeness (QED) is 0.860. The number of nitrogens with zero attached hydrogens (tertiary/aromatic N) is 1. The van der Waals surface area contributed by atoms with Gasteiger partial charge in [0.2, 0.25) is 10.0 Å². The third-order valence-corrected chi connectivity index (χ3v) is 6.64. The number of nitrogens with one attached hydrogen (secondary N) is 1. The van der Waals surface area contributed by atoms with Gasteiger partial charge in [-0.05, 0) is 31.1 Å². The molecule has 2 heterocycles. The summed E-state index contributed by atoms with van der Waals surface area (Å²) in [6.07, 6.45) is 4.37. The number of hydrogen-bond acceptors (Lipinski definition) is 3. The molecule has 0 amide bonds. The summed E-state index contributed by atoms with van der Waals surface area (Å²) in [4.78, 5) is 0. The first kappa shape index (κ1) is 15.3. The van der Waals surface area contributed by atoms with Crippen LogP contribution in [0.4, 0.5) is 0 Å². The van der Waals surface area contributed by atoms with Crippen molar-refractivity contribution >= 4 is 10.0 Å². The summed E-state index contributed by atoms with van der Waals surface area (Å²) < 4.78 is 27.0. The summed E-state index contributed by atoms with van der Waals surface area (Å²) in [5.74, 6) is 0.243. The van der Waals surface area contributed by atoms with Crippen molar-refractivity contribution in [3.63, 3.8) is 0 Å². The molecule has 0 aromatic heterocycles. The van der Waals surface area contributed by atoms with Crippen molar-refractivity contribution < 1.29 is 8.42 Å². The number of piperidine rings is 1. The third kappa shape index (κ3) is 3.70. The zero-order valence-corrected chi connectivity index (χ0v) is 13.5. The topological polar surface area (TPSA) is 49.4 Å². The van der Waals surface area contributed by atoms with Crippen LogP contribution in [0.5, 0.6) is 0 Å². The third-order valence-electron chi connectivity index (χ3n) is 4.14. The maximum atomic E-state index is 12.6. The van der Waals surface area contributed by atoms with E-state index in [0.29, 0.717) is 18.6 Å². The van der Waals surface area contributed by atoms with Crippen LogP contribution in [0.1, 0.15) is 53.4 Å². The van der Waals surface area contributed by atoms with Crippen LogP contribution >= 0.6 is 0 Å². The van der Waals surface area contributed by atoms with Crippen molar-refractivity contribution in [2.75, 3.05) is 12.3 Å². The van der Waals surface area contributed by atoms with Gasteiger partial charge < -0.3 is 5.32 Å². The van der Waals surface area contributed by atoms with Crippen LogP contribution in [0.15, 0.2) is 0 Å². The molecule has 2 aliphatic heterocycles. The summed E-state index contributed by atoms with van der Waals surface area (Å²) in [6.45, 7) is 8.53. The van der Waals surface area contributed by atoms with Crippen LogP contribution in [0.3, 0.4) is 0 Å². The van der Waals surface area contributed by atoms with Crippen molar-refractivity contribution in [1.82, 2.24) is 9.62 Å². The fraction of sp³-hybridized carbons (Fsp3) is 1.00. The van der Waals surface area contributed by atoms with Crippen molar-refractivity contribution in [3.05, 3.63) is 0 Å². The first-order chi connectivity index (χ1) is 8.71. The highest BCUT2D eigenvalue weighted by atomic mass is 32.2. The Morgan fingerprint density at radius 3 is 2.11 bits per heavy atom. The van der Waals surface area contributed by atoms with Gasteiger partial charge in [0.1, 0.15) is 0 Å². The Labute approximate surface area is 118 Å². The molecule has 112 valence electrons. The highest BCUT2D eigenvalue weighted by molar-refractivity contribution is 7.89. The maximum absolute atomic E-state index is 12.6. The summed E-state index contributed by atoms with van der Waals surface area (Å²) >= 11 is 0. The zero-order chi connectivity index (χ0) is 14.3. The average Bonchev–Trinajstić information content (AvgIpc) is 2.55. The van der Waals surface area contributed by atoms with Gasteiger partial charge in [-0.3, -0.25) is 0 Å². The second kappa shape index (κ2) is 5.34. The van der Waals surface area contributed by atoms with Gasteiger partial charge in [-0.15, -0.1) is 0 Å². The fourth-order valence-corrected chi connectivity index (χ4v) is 5.85. The lowest BCUT2D eigenvalue weighted by atomic mass is 10.00. The summed E-state index contributed by atoms with van der Waals surface area (Å²) in [6, 6.07) is 1.27. The average molecular weight is 288 g/mol. The van der Waals surface area contributed by atoms with Crippen molar-refractivity contribution in [2.24, 2.45) is 5.41 Å². The van der Waals surface area contributed by atoms with Crippen LogP contribution < -0.4 is 5.32 Å². The monoisotopic (exact) mass is 288 g/mol. The van der Waals surface area contributed by atoms with Crippen LogP contribution in [-0.2, 0) is 10.0 Å². The van der Waals surface area contributed by atoms with E-state index in [1.807, 2.05) is 27.7 Å². The molecular formula is C14H28N2O2S. The number of hydrogen-bond donors (Lipinski definition) is 1. The van der Waals surface area contributed by atoms with E-state index in [-0.39, 0.29) is 17.2 Å². The summed E-state index contributed by atoms with van der Waals surface area (Å²) in [5.41, 5.74) is -0.182. The predicted octanol–water partition coefficient (Wildman–Crippen LogP) is 1.97. The van der Waals surface area contributed by atoms with E-state index in [1.165, 1.54) is 12.8 Å². The molecule has 2 aliphatic rings. The van der Waals surface area contributed by atoms with Gasteiger partial charge in [-0.25, -0.2) is 8.42 Å². The van der Waals surface area contributed by atoms with E-state index in [4.69, 9.17) is 0 Å². The van der Waals surface area contributed by atoms with Gasteiger partial charge in [-0.1, -0.05) is 27.7 Å². The van der Waals surface area contributed by atoms with Crippen molar-refractivity contribution in [1.29, 1.82) is 0 Å². The lowest BCUT2D eigenvalue weighted by Crippen LogP contribution is -2.51. The van der Waals surface area contributed by atoms with E-state index in [2.05, 4.69) is 5.32 Å². The first-order valence-corrected chi connectivity index (χ1v) is 9.08. The molecule has 2 rings (SSSR count). The molecule has 2 atom stereocenters. The molecule has 0 spiro atoms. The van der Waals surface area contributed by atoms with E-state index >= 15 is 0 Å². The van der Waals surface area contributed by atoms with Crippen LogP contribution in [0.25, 0.3) is 0 Å². The number of sulfonamides is 1. The van der Waals surface area contributed by atoms with Crippen LogP contribution in [0, 0.1) is 5.41 Å². The Morgan fingerprint density at radius 2 is 1.68 bits per heavy atom. The van der Waals surface area contributed by atoms with Crippen molar-refractivity contribution in [2.45, 2.75) is 71.5 Å². The minimum Gasteiger partial charge on any atom is -0.311 e. The first-order valence-electron chi connectivity index (χ1n) is 7.47. The molecule has 2 saturated heterocycles. The van der Waals surface area contributed by atoms with Crippen LogP contribution in [-0.4, -0.2) is 43.1 Å². The molecule has 0 radical (unpaired) electrons. The van der Waals surface area contributed by atoms with E-state index < -0.39 is 10.0 Å². The molecule has 0 aliphatic carbocycles. The second-order valence-electron chi connectivity index (χ2n) is 7.28. The summed E-state index contributed by atoms with van der Waals surface area (Å²) in [7, 11) is -3.14. The van der Waals surface area contributed by atoms with Crippen LogP contribution in [0.2, 0.25) is 0 Å². The zero-order valence-electron chi connectivity index (χ0n) is 12.6. The van der Waals surface area contributed by atoms with Gasteiger partial charge >= 0.3 is 0 Å². The summed E-state index contributed by atoms with van der Waals surface area (Å²) in [5, 5.41) is 3.58. The Bertz CT molecular complexity index is 402. The fourth-order valence-electron chi connectivity index (χ4n) is 3.57. The van der Waals surface area contributed by atoms with E-state index in [9.17, 15) is 8.42 Å². The molecule has 2 fully saturated rings. The number of fused-ring (bicyclic) bond motifs is 2. The molecule has 0 aromatic carbocycles. The molecule has 0 aromatic rings. The van der Waals surface area contributed by atoms with Gasteiger partial charge in [0.25, 0.3) is 0 Å². The molecule has 2 bridgehead atoms. The molecular weight excluding hydrogens is 260 g/mol. The van der Waals surface area contributed by atoms with Gasteiger partial charge in [0.15, 0.2) is 0 Å². The molecule has 2 unspecified atom stereocenters. The minimum atomic E-state index is -3.14. The van der Waals surface area contributed by atoms with Gasteiger partial charge in [0.05, 0.1) is 5.75 Å². The lowest BCUT2D eigenvalue weighted by Gasteiger charge is -2.37. The molecule has 5 heteroatoms. The normalized spacial score (nSPS) is 31.9.